The molecule has 4 rings (SSSR count). The average Bonchev–Trinajstić information content (AvgIpc) is 2.87. The Hall–Kier alpha value is -2.58. The summed E-state index contributed by atoms with van der Waals surface area (Å²) in [4.78, 5) is 9.92. The number of rotatable bonds is 3. The second-order valence-electron chi connectivity index (χ2n) is 6.47. The highest BCUT2D eigenvalue weighted by Crippen LogP contribution is 2.18. The number of nitrogens with one attached hydrogen (secondary N) is 2. The van der Waals surface area contributed by atoms with Crippen molar-refractivity contribution in [2.24, 2.45) is 0 Å². The van der Waals surface area contributed by atoms with Gasteiger partial charge in [0, 0.05) is 25.8 Å². The van der Waals surface area contributed by atoms with Gasteiger partial charge in [-0.15, -0.1) is 0 Å². The van der Waals surface area contributed by atoms with Gasteiger partial charge in [-0.3, -0.25) is 4.79 Å². The normalized spacial score (nSPS) is 14.8. The molecular formula is C25H31ClFN3O2S. The summed E-state index contributed by atoms with van der Waals surface area (Å²) in [6.07, 6.45) is 1.60. The molecule has 5 nitrogen and oxygen atoms in total. The summed E-state index contributed by atoms with van der Waals surface area (Å²) < 4.78 is 27.8. The van der Waals surface area contributed by atoms with Crippen LogP contribution in [0, 0.1) is 5.82 Å². The predicted molar refractivity (Wildman–Crippen MR) is 138 cm³/mol. The van der Waals surface area contributed by atoms with Crippen molar-refractivity contribution >= 4 is 34.9 Å². The molecule has 8 heteroatoms. The van der Waals surface area contributed by atoms with Crippen LogP contribution in [0.15, 0.2) is 78.9 Å². The van der Waals surface area contributed by atoms with E-state index in [1.807, 2.05) is 33.0 Å². The maximum atomic E-state index is 12.5. The highest BCUT2D eigenvalue weighted by molar-refractivity contribution is 7.80. The van der Waals surface area contributed by atoms with Crippen molar-refractivity contribution in [1.29, 1.82) is 0 Å². The van der Waals surface area contributed by atoms with Crippen LogP contribution in [0.25, 0.3) is 11.1 Å². The van der Waals surface area contributed by atoms with Crippen LogP contribution >= 0.6 is 11.6 Å². The van der Waals surface area contributed by atoms with E-state index < -0.39 is 17.0 Å². The Morgan fingerprint density at radius 2 is 1.55 bits per heavy atom. The summed E-state index contributed by atoms with van der Waals surface area (Å²) in [6.45, 7) is 5.83. The van der Waals surface area contributed by atoms with Crippen molar-refractivity contribution in [2.75, 3.05) is 25.5 Å². The molecule has 1 fully saturated rings. The van der Waals surface area contributed by atoms with E-state index in [0.29, 0.717) is 12.1 Å². The Labute approximate surface area is 203 Å². The molecular weight excluding hydrogens is 461 g/mol. The van der Waals surface area contributed by atoms with Crippen LogP contribution in [0.3, 0.4) is 0 Å². The van der Waals surface area contributed by atoms with Gasteiger partial charge < -0.3 is 5.32 Å². The number of hydrogen-bond donors (Lipinski definition) is 2. The van der Waals surface area contributed by atoms with Crippen molar-refractivity contribution in [3.05, 3.63) is 89.7 Å². The van der Waals surface area contributed by atoms with Crippen LogP contribution in [0.1, 0.15) is 20.3 Å². The molecule has 3 aromatic rings. The molecule has 1 atom stereocenters. The number of carbonyl (C=O) groups excluding carboxylic acids is 1. The van der Waals surface area contributed by atoms with Crippen LogP contribution in [0.5, 0.6) is 0 Å². The molecule has 0 aliphatic carbocycles. The highest BCUT2D eigenvalue weighted by Gasteiger charge is 2.10. The number of nitrogens with zero attached hydrogens (tertiary/aromatic N) is 1. The number of amides is 1. The SMILES string of the molecule is CC.CN1CCCNS1=O.O=CNc1ccc(F)c(Cl)c1.c1ccc(-c2ccccc2)cc1. The average molecular weight is 492 g/mol. The molecule has 178 valence electrons. The summed E-state index contributed by atoms with van der Waals surface area (Å²) in [5.74, 6) is -0.497. The van der Waals surface area contributed by atoms with Crippen molar-refractivity contribution in [3.63, 3.8) is 0 Å². The molecule has 1 heterocycles. The van der Waals surface area contributed by atoms with Crippen LogP contribution in [-0.2, 0) is 16.0 Å². The number of hydrogen-bond acceptors (Lipinski definition) is 2. The van der Waals surface area contributed by atoms with Crippen molar-refractivity contribution < 1.29 is 13.4 Å². The van der Waals surface area contributed by atoms with Gasteiger partial charge in [-0.1, -0.05) is 86.1 Å². The molecule has 0 spiro atoms. The van der Waals surface area contributed by atoms with Crippen LogP contribution < -0.4 is 10.0 Å². The van der Waals surface area contributed by atoms with E-state index in [1.165, 1.54) is 29.3 Å². The fraction of sp³-hybridized carbons (Fsp3) is 0.240. The van der Waals surface area contributed by atoms with E-state index in [-0.39, 0.29) is 5.02 Å². The zero-order chi connectivity index (χ0) is 24.5. The lowest BCUT2D eigenvalue weighted by molar-refractivity contribution is -0.105. The lowest BCUT2D eigenvalue weighted by atomic mass is 10.1. The maximum absolute atomic E-state index is 12.5. The smallest absolute Gasteiger partial charge is 0.211 e. The zero-order valence-corrected chi connectivity index (χ0v) is 20.7. The maximum Gasteiger partial charge on any atom is 0.211 e. The van der Waals surface area contributed by atoms with Crippen LogP contribution in [-0.4, -0.2) is 35.1 Å². The van der Waals surface area contributed by atoms with Gasteiger partial charge in [0.2, 0.25) is 6.41 Å². The summed E-state index contributed by atoms with van der Waals surface area (Å²) in [5, 5.41) is 2.34. The molecule has 1 amide bonds. The van der Waals surface area contributed by atoms with E-state index in [0.717, 1.165) is 19.5 Å². The molecule has 33 heavy (non-hydrogen) atoms. The first kappa shape index (κ1) is 28.5. The summed E-state index contributed by atoms with van der Waals surface area (Å²) >= 11 is 4.52. The lowest BCUT2D eigenvalue weighted by Gasteiger charge is -2.20. The fourth-order valence-electron chi connectivity index (χ4n) is 2.57. The van der Waals surface area contributed by atoms with E-state index in [2.05, 4.69) is 58.6 Å². The number of halogens is 2. The van der Waals surface area contributed by atoms with Crippen LogP contribution in [0.2, 0.25) is 5.02 Å². The summed E-state index contributed by atoms with van der Waals surface area (Å²) in [7, 11) is 1.85. The van der Waals surface area contributed by atoms with Gasteiger partial charge in [-0.05, 0) is 35.7 Å². The number of anilines is 1. The summed E-state index contributed by atoms with van der Waals surface area (Å²) in [5.41, 5.74) is 3.03. The fourth-order valence-corrected chi connectivity index (χ4v) is 3.58. The van der Waals surface area contributed by atoms with Gasteiger partial charge in [0.1, 0.15) is 5.82 Å². The Morgan fingerprint density at radius 3 is 1.94 bits per heavy atom. The van der Waals surface area contributed by atoms with Crippen molar-refractivity contribution in [3.8, 4) is 11.1 Å². The Bertz CT molecular complexity index is 925. The second kappa shape index (κ2) is 17.0. The molecule has 1 aliphatic rings. The second-order valence-corrected chi connectivity index (χ2v) is 8.29. The molecule has 1 saturated heterocycles. The van der Waals surface area contributed by atoms with Crippen molar-refractivity contribution in [1.82, 2.24) is 9.03 Å². The number of carbonyl (C=O) groups is 1. The standard InChI is InChI=1S/C12H10.C7H5ClFNO.C4H10N2OS.C2H6/c1-3-7-11(8-4-1)12-9-5-2-6-10-12;8-6-3-5(10-4-11)1-2-7(6)9;1-6-4-2-3-5-8(6)7;1-2/h1-10H;1-4H,(H,10,11);5H,2-4H2,1H3;1-2H3. The molecule has 3 aromatic carbocycles. The Morgan fingerprint density at radius 1 is 1.00 bits per heavy atom. The quantitative estimate of drug-likeness (QED) is 0.447. The molecule has 1 unspecified atom stereocenters. The van der Waals surface area contributed by atoms with E-state index in [1.54, 1.807) is 4.31 Å². The monoisotopic (exact) mass is 491 g/mol. The van der Waals surface area contributed by atoms with E-state index in [9.17, 15) is 13.4 Å². The molecule has 0 radical (unpaired) electrons. The predicted octanol–water partition coefficient (Wildman–Crippen LogP) is 5.92. The van der Waals surface area contributed by atoms with Gasteiger partial charge >= 0.3 is 0 Å². The zero-order valence-electron chi connectivity index (χ0n) is 19.1. The Kier molecular flexibility index (Phi) is 14.6. The first-order valence-corrected chi connectivity index (χ1v) is 12.1. The van der Waals surface area contributed by atoms with Gasteiger partial charge in [0.05, 0.1) is 5.02 Å². The minimum atomic E-state index is -0.902. The van der Waals surface area contributed by atoms with Gasteiger partial charge in [0.25, 0.3) is 0 Å². The molecule has 0 aromatic heterocycles. The summed E-state index contributed by atoms with van der Waals surface area (Å²) in [6, 6.07) is 24.7. The first-order chi connectivity index (χ1) is 16.0. The number of benzene rings is 3. The van der Waals surface area contributed by atoms with Gasteiger partial charge in [0.15, 0.2) is 11.2 Å². The van der Waals surface area contributed by atoms with Crippen molar-refractivity contribution in [2.45, 2.75) is 20.3 Å². The van der Waals surface area contributed by atoms with Gasteiger partial charge in [-0.2, -0.15) is 0 Å². The third-order valence-electron chi connectivity index (χ3n) is 4.18. The third kappa shape index (κ3) is 11.2. The lowest BCUT2D eigenvalue weighted by Crippen LogP contribution is -2.39. The largest absolute Gasteiger partial charge is 0.329 e. The van der Waals surface area contributed by atoms with Gasteiger partial charge in [-0.25, -0.2) is 17.6 Å². The Balaban J connectivity index is 0.000000243. The minimum absolute atomic E-state index is 0.00292. The third-order valence-corrected chi connectivity index (χ3v) is 5.67. The molecule has 1 aliphatic heterocycles. The first-order valence-electron chi connectivity index (χ1n) is 10.6. The van der Waals surface area contributed by atoms with E-state index in [4.69, 9.17) is 11.6 Å². The molecule has 2 N–H and O–H groups in total. The topological polar surface area (TPSA) is 61.4 Å². The van der Waals surface area contributed by atoms with Crippen LogP contribution in [0.4, 0.5) is 10.1 Å². The molecule has 0 saturated carbocycles. The van der Waals surface area contributed by atoms with E-state index >= 15 is 0 Å². The highest BCUT2D eigenvalue weighted by atomic mass is 35.5. The molecule has 0 bridgehead atoms. The minimum Gasteiger partial charge on any atom is -0.329 e.